The van der Waals surface area contributed by atoms with E-state index in [2.05, 4.69) is 22.0 Å². The number of rotatable bonds is 6. The molecule has 2 rings (SSSR count). The summed E-state index contributed by atoms with van der Waals surface area (Å²) >= 11 is 0. The van der Waals surface area contributed by atoms with Crippen LogP contribution in [0.4, 0.5) is 5.82 Å². The largest absolute Gasteiger partial charge is 0.375 e. The molecule has 0 saturated carbocycles. The Balaban J connectivity index is 1.70. The molecule has 0 spiro atoms. The maximum atomic E-state index is 5.64. The summed E-state index contributed by atoms with van der Waals surface area (Å²) in [7, 11) is 2.02. The van der Waals surface area contributed by atoms with Crippen molar-refractivity contribution in [3.05, 3.63) is 60.3 Å². The quantitative estimate of drug-likeness (QED) is 0.728. The zero-order valence-corrected chi connectivity index (χ0v) is 10.6. The standard InChI is InChI=1S/C15H18N2O/c1-17(15-9-5-6-10-16-15)11-12-18-13-14-7-3-2-4-8-14/h2-10H,11-13H2,1H3. The molecule has 3 heteroatoms. The Morgan fingerprint density at radius 2 is 1.83 bits per heavy atom. The maximum Gasteiger partial charge on any atom is 0.128 e. The van der Waals surface area contributed by atoms with E-state index < -0.39 is 0 Å². The van der Waals surface area contributed by atoms with Gasteiger partial charge in [0.15, 0.2) is 0 Å². The van der Waals surface area contributed by atoms with Gasteiger partial charge in [0.2, 0.25) is 0 Å². The van der Waals surface area contributed by atoms with Crippen LogP contribution in [0.1, 0.15) is 5.56 Å². The van der Waals surface area contributed by atoms with Crippen molar-refractivity contribution >= 4 is 5.82 Å². The highest BCUT2D eigenvalue weighted by atomic mass is 16.5. The van der Waals surface area contributed by atoms with Gasteiger partial charge < -0.3 is 9.64 Å². The molecule has 0 amide bonds. The molecular weight excluding hydrogens is 224 g/mol. The van der Waals surface area contributed by atoms with Crippen molar-refractivity contribution in [2.24, 2.45) is 0 Å². The lowest BCUT2D eigenvalue weighted by Gasteiger charge is -2.17. The lowest BCUT2D eigenvalue weighted by atomic mass is 10.2. The van der Waals surface area contributed by atoms with Gasteiger partial charge in [-0.1, -0.05) is 36.4 Å². The van der Waals surface area contributed by atoms with E-state index in [0.717, 1.165) is 12.4 Å². The minimum Gasteiger partial charge on any atom is -0.375 e. The van der Waals surface area contributed by atoms with E-state index in [9.17, 15) is 0 Å². The van der Waals surface area contributed by atoms with Gasteiger partial charge in [-0.3, -0.25) is 0 Å². The molecular formula is C15H18N2O. The fourth-order valence-electron chi connectivity index (χ4n) is 1.66. The second kappa shape index (κ2) is 6.77. The third-order valence-electron chi connectivity index (χ3n) is 2.72. The van der Waals surface area contributed by atoms with E-state index in [4.69, 9.17) is 4.74 Å². The Hall–Kier alpha value is -1.87. The van der Waals surface area contributed by atoms with E-state index in [1.807, 2.05) is 43.4 Å². The van der Waals surface area contributed by atoms with Crippen LogP contribution >= 0.6 is 0 Å². The van der Waals surface area contributed by atoms with Crippen molar-refractivity contribution in [1.29, 1.82) is 0 Å². The summed E-state index contributed by atoms with van der Waals surface area (Å²) in [5.41, 5.74) is 1.21. The van der Waals surface area contributed by atoms with Gasteiger partial charge in [0.05, 0.1) is 13.2 Å². The number of ether oxygens (including phenoxy) is 1. The summed E-state index contributed by atoms with van der Waals surface area (Å²) in [5, 5.41) is 0. The molecule has 1 aromatic carbocycles. The molecule has 0 aliphatic rings. The van der Waals surface area contributed by atoms with Crippen molar-refractivity contribution in [2.45, 2.75) is 6.61 Å². The predicted molar refractivity (Wildman–Crippen MR) is 73.6 cm³/mol. The third kappa shape index (κ3) is 3.86. The fraction of sp³-hybridized carbons (Fsp3) is 0.267. The predicted octanol–water partition coefficient (Wildman–Crippen LogP) is 2.73. The van der Waals surface area contributed by atoms with Crippen molar-refractivity contribution < 1.29 is 4.74 Å². The van der Waals surface area contributed by atoms with Crippen molar-refractivity contribution in [1.82, 2.24) is 4.98 Å². The summed E-state index contributed by atoms with van der Waals surface area (Å²) in [4.78, 5) is 6.37. The first kappa shape index (κ1) is 12.6. The molecule has 0 aliphatic heterocycles. The summed E-state index contributed by atoms with van der Waals surface area (Å²) < 4.78 is 5.64. The van der Waals surface area contributed by atoms with Gasteiger partial charge in [0, 0.05) is 19.8 Å². The summed E-state index contributed by atoms with van der Waals surface area (Å²) in [6.45, 7) is 2.20. The molecule has 18 heavy (non-hydrogen) atoms. The minimum atomic E-state index is 0.664. The van der Waals surface area contributed by atoms with Crippen LogP contribution in [0.2, 0.25) is 0 Å². The molecule has 0 radical (unpaired) electrons. The highest BCUT2D eigenvalue weighted by molar-refractivity contribution is 5.36. The Morgan fingerprint density at radius 3 is 2.56 bits per heavy atom. The first-order chi connectivity index (χ1) is 8.86. The van der Waals surface area contributed by atoms with Crippen LogP contribution < -0.4 is 4.90 Å². The van der Waals surface area contributed by atoms with Gasteiger partial charge >= 0.3 is 0 Å². The number of pyridine rings is 1. The topological polar surface area (TPSA) is 25.4 Å². The molecule has 0 atom stereocenters. The smallest absolute Gasteiger partial charge is 0.128 e. The highest BCUT2D eigenvalue weighted by Gasteiger charge is 2.00. The SMILES string of the molecule is CN(CCOCc1ccccc1)c1ccccn1. The molecule has 1 aromatic heterocycles. The number of aromatic nitrogens is 1. The molecule has 1 heterocycles. The van der Waals surface area contributed by atoms with Crippen molar-refractivity contribution in [3.8, 4) is 0 Å². The normalized spacial score (nSPS) is 10.3. The fourth-order valence-corrected chi connectivity index (χ4v) is 1.66. The molecule has 0 saturated heterocycles. The van der Waals surface area contributed by atoms with Crippen LogP contribution in [-0.4, -0.2) is 25.2 Å². The van der Waals surface area contributed by atoms with E-state index >= 15 is 0 Å². The average Bonchev–Trinajstić information content (AvgIpc) is 2.45. The van der Waals surface area contributed by atoms with Crippen molar-refractivity contribution in [3.63, 3.8) is 0 Å². The molecule has 2 aromatic rings. The van der Waals surface area contributed by atoms with Gasteiger partial charge in [-0.25, -0.2) is 4.98 Å². The van der Waals surface area contributed by atoms with Crippen LogP contribution in [0.25, 0.3) is 0 Å². The van der Waals surface area contributed by atoms with Crippen LogP contribution in [0.3, 0.4) is 0 Å². The Kier molecular flexibility index (Phi) is 4.73. The summed E-state index contributed by atoms with van der Waals surface area (Å²) in [6.07, 6.45) is 1.80. The first-order valence-electron chi connectivity index (χ1n) is 6.10. The highest BCUT2D eigenvalue weighted by Crippen LogP contribution is 2.06. The monoisotopic (exact) mass is 242 g/mol. The molecule has 0 unspecified atom stereocenters. The zero-order chi connectivity index (χ0) is 12.6. The van der Waals surface area contributed by atoms with E-state index in [0.29, 0.717) is 13.2 Å². The lowest BCUT2D eigenvalue weighted by molar-refractivity contribution is 0.127. The van der Waals surface area contributed by atoms with Crippen LogP contribution in [0.5, 0.6) is 0 Å². The molecule has 0 aliphatic carbocycles. The number of hydrogen-bond donors (Lipinski definition) is 0. The Morgan fingerprint density at radius 1 is 1.06 bits per heavy atom. The minimum absolute atomic E-state index is 0.664. The van der Waals surface area contributed by atoms with Crippen molar-refractivity contribution in [2.75, 3.05) is 25.1 Å². The number of benzene rings is 1. The molecule has 3 nitrogen and oxygen atoms in total. The van der Waals surface area contributed by atoms with Crippen LogP contribution in [-0.2, 0) is 11.3 Å². The Labute approximate surface area is 108 Å². The van der Waals surface area contributed by atoms with E-state index in [-0.39, 0.29) is 0 Å². The molecule has 0 bridgehead atoms. The van der Waals surface area contributed by atoms with Crippen LogP contribution in [0.15, 0.2) is 54.7 Å². The number of nitrogens with zero attached hydrogens (tertiary/aromatic N) is 2. The summed E-state index contributed by atoms with van der Waals surface area (Å²) in [6, 6.07) is 16.1. The second-order valence-corrected chi connectivity index (χ2v) is 4.15. The zero-order valence-electron chi connectivity index (χ0n) is 10.6. The number of anilines is 1. The third-order valence-corrected chi connectivity index (χ3v) is 2.72. The van der Waals surface area contributed by atoms with Gasteiger partial charge in [-0.2, -0.15) is 0 Å². The summed E-state index contributed by atoms with van der Waals surface area (Å²) in [5.74, 6) is 0.973. The van der Waals surface area contributed by atoms with Gasteiger partial charge in [0.1, 0.15) is 5.82 Å². The lowest BCUT2D eigenvalue weighted by Crippen LogP contribution is -2.23. The molecule has 0 fully saturated rings. The van der Waals surface area contributed by atoms with E-state index in [1.165, 1.54) is 5.56 Å². The molecule has 0 N–H and O–H groups in total. The van der Waals surface area contributed by atoms with E-state index in [1.54, 1.807) is 6.20 Å². The van der Waals surface area contributed by atoms with Gasteiger partial charge in [0.25, 0.3) is 0 Å². The Bertz CT molecular complexity index is 445. The van der Waals surface area contributed by atoms with Crippen LogP contribution in [0, 0.1) is 0 Å². The molecule has 94 valence electrons. The second-order valence-electron chi connectivity index (χ2n) is 4.15. The van der Waals surface area contributed by atoms with Gasteiger partial charge in [-0.15, -0.1) is 0 Å². The number of hydrogen-bond acceptors (Lipinski definition) is 3. The maximum absolute atomic E-state index is 5.64. The van der Waals surface area contributed by atoms with Gasteiger partial charge in [-0.05, 0) is 17.7 Å². The average molecular weight is 242 g/mol. The first-order valence-corrected chi connectivity index (χ1v) is 6.10. The number of likely N-dealkylation sites (N-methyl/N-ethyl adjacent to an activating group) is 1.